The second-order valence-electron chi connectivity index (χ2n) is 6.99. The Morgan fingerprint density at radius 2 is 1.33 bits per heavy atom. The van der Waals surface area contributed by atoms with Crippen molar-refractivity contribution in [2.45, 2.75) is 6.92 Å². The van der Waals surface area contributed by atoms with Crippen LogP contribution in [-0.4, -0.2) is 62.7 Å². The summed E-state index contributed by atoms with van der Waals surface area (Å²) in [6, 6.07) is 7.19. The van der Waals surface area contributed by atoms with Gasteiger partial charge in [-0.3, -0.25) is 20.2 Å². The summed E-state index contributed by atoms with van der Waals surface area (Å²) in [5, 5.41) is 25.6. The van der Waals surface area contributed by atoms with Gasteiger partial charge in [-0.15, -0.1) is 0 Å². The molecule has 1 N–H and O–H groups in total. The highest BCUT2D eigenvalue weighted by Crippen LogP contribution is 2.37. The van der Waals surface area contributed by atoms with E-state index >= 15 is 0 Å². The van der Waals surface area contributed by atoms with Crippen molar-refractivity contribution in [1.82, 2.24) is 0 Å². The molecule has 3 rings (SSSR count). The summed E-state index contributed by atoms with van der Waals surface area (Å²) in [4.78, 5) is 21.3. The maximum Gasteiger partial charge on any atom is 0.299 e. The standard InChI is InChI=1S/C21H25N3O9/c1-15-12-17(23(25)26)14-18(24(27)28)21(15)22-16-2-3-19-20(13-16)33-11-9-31-7-5-29-4-6-30-8-10-32-19/h2-3,12-14,22H,4-11H2,1H3. The average Bonchev–Trinajstić information content (AvgIpc) is 2.79. The Kier molecular flexibility index (Phi) is 8.75. The lowest BCUT2D eigenvalue weighted by atomic mass is 10.1. The fourth-order valence-electron chi connectivity index (χ4n) is 3.09. The second-order valence-corrected chi connectivity index (χ2v) is 6.99. The highest BCUT2D eigenvalue weighted by atomic mass is 16.6. The molecular weight excluding hydrogens is 438 g/mol. The van der Waals surface area contributed by atoms with Gasteiger partial charge in [0.2, 0.25) is 0 Å². The molecule has 178 valence electrons. The van der Waals surface area contributed by atoms with Crippen LogP contribution in [0.4, 0.5) is 22.7 Å². The maximum atomic E-state index is 11.5. The van der Waals surface area contributed by atoms with Crippen LogP contribution in [-0.2, 0) is 14.2 Å². The molecule has 12 heteroatoms. The van der Waals surface area contributed by atoms with Gasteiger partial charge < -0.3 is 29.0 Å². The van der Waals surface area contributed by atoms with Gasteiger partial charge in [0, 0.05) is 17.8 Å². The molecule has 0 amide bonds. The number of anilines is 2. The van der Waals surface area contributed by atoms with Gasteiger partial charge in [0.25, 0.3) is 11.4 Å². The van der Waals surface area contributed by atoms with Crippen molar-refractivity contribution in [3.63, 3.8) is 0 Å². The van der Waals surface area contributed by atoms with E-state index in [0.29, 0.717) is 69.0 Å². The molecule has 1 aliphatic rings. The molecule has 0 aromatic heterocycles. The largest absolute Gasteiger partial charge is 0.487 e. The van der Waals surface area contributed by atoms with Crippen LogP contribution in [0.25, 0.3) is 0 Å². The van der Waals surface area contributed by atoms with Gasteiger partial charge in [-0.2, -0.15) is 0 Å². The SMILES string of the molecule is Cc1cc([N+](=O)[O-])cc([N+](=O)[O-])c1Nc1ccc2c(c1)OCCOCCOCCOCCO2. The lowest BCUT2D eigenvalue weighted by Crippen LogP contribution is -2.13. The van der Waals surface area contributed by atoms with E-state index in [1.165, 1.54) is 6.07 Å². The van der Waals surface area contributed by atoms with E-state index in [2.05, 4.69) is 5.32 Å². The van der Waals surface area contributed by atoms with E-state index in [9.17, 15) is 20.2 Å². The van der Waals surface area contributed by atoms with E-state index in [1.807, 2.05) is 0 Å². The van der Waals surface area contributed by atoms with Crippen LogP contribution < -0.4 is 14.8 Å². The quantitative estimate of drug-likeness (QED) is 0.529. The molecule has 0 radical (unpaired) electrons. The molecule has 0 spiro atoms. The van der Waals surface area contributed by atoms with Crippen LogP contribution in [0, 0.1) is 27.2 Å². The monoisotopic (exact) mass is 463 g/mol. The summed E-state index contributed by atoms with van der Waals surface area (Å²) in [5.41, 5.74) is 0.245. The molecule has 0 bridgehead atoms. The third kappa shape index (κ3) is 7.00. The minimum atomic E-state index is -0.666. The first-order valence-corrected chi connectivity index (χ1v) is 10.3. The van der Waals surface area contributed by atoms with E-state index in [1.54, 1.807) is 25.1 Å². The minimum Gasteiger partial charge on any atom is -0.487 e. The predicted octanol–water partition coefficient (Wildman–Crippen LogP) is 3.38. The maximum absolute atomic E-state index is 11.5. The number of ether oxygens (including phenoxy) is 5. The molecule has 0 saturated heterocycles. The fourth-order valence-corrected chi connectivity index (χ4v) is 3.09. The molecule has 0 saturated carbocycles. The van der Waals surface area contributed by atoms with Crippen LogP contribution in [0.1, 0.15) is 5.56 Å². The molecule has 2 aromatic carbocycles. The van der Waals surface area contributed by atoms with Gasteiger partial charge in [0.1, 0.15) is 18.9 Å². The topological polar surface area (TPSA) is 144 Å². The summed E-state index contributed by atoms with van der Waals surface area (Å²) in [5.74, 6) is 0.891. The molecule has 0 unspecified atom stereocenters. The molecule has 1 aliphatic heterocycles. The molecular formula is C21H25N3O9. The lowest BCUT2D eigenvalue weighted by molar-refractivity contribution is -0.393. The number of nitrogens with one attached hydrogen (secondary N) is 1. The van der Waals surface area contributed by atoms with Crippen molar-refractivity contribution < 1.29 is 33.5 Å². The molecule has 2 aromatic rings. The Morgan fingerprint density at radius 3 is 1.91 bits per heavy atom. The first-order valence-electron chi connectivity index (χ1n) is 10.3. The van der Waals surface area contributed by atoms with Crippen molar-refractivity contribution in [2.75, 3.05) is 58.2 Å². The van der Waals surface area contributed by atoms with Crippen LogP contribution in [0.15, 0.2) is 30.3 Å². The Morgan fingerprint density at radius 1 is 0.758 bits per heavy atom. The fraction of sp³-hybridized carbons (Fsp3) is 0.429. The Balaban J connectivity index is 1.83. The smallest absolute Gasteiger partial charge is 0.299 e. The van der Waals surface area contributed by atoms with Crippen molar-refractivity contribution in [3.05, 3.63) is 56.1 Å². The Hall–Kier alpha value is -3.48. The number of hydrogen-bond donors (Lipinski definition) is 1. The molecule has 0 aliphatic carbocycles. The van der Waals surface area contributed by atoms with Crippen molar-refractivity contribution in [1.29, 1.82) is 0 Å². The van der Waals surface area contributed by atoms with Crippen LogP contribution >= 0.6 is 0 Å². The van der Waals surface area contributed by atoms with Crippen molar-refractivity contribution in [2.24, 2.45) is 0 Å². The van der Waals surface area contributed by atoms with Gasteiger partial charge >= 0.3 is 0 Å². The molecule has 12 nitrogen and oxygen atoms in total. The molecule has 1 heterocycles. The third-order valence-electron chi connectivity index (χ3n) is 4.63. The number of nitro benzene ring substituents is 2. The number of fused-ring (bicyclic) bond motifs is 1. The summed E-state index contributed by atoms with van der Waals surface area (Å²) >= 11 is 0. The summed E-state index contributed by atoms with van der Waals surface area (Å²) < 4.78 is 27.8. The predicted molar refractivity (Wildman–Crippen MR) is 118 cm³/mol. The van der Waals surface area contributed by atoms with E-state index in [-0.39, 0.29) is 18.0 Å². The Labute approximate surface area is 189 Å². The Bertz CT molecular complexity index is 984. The minimum absolute atomic E-state index is 0.153. The van der Waals surface area contributed by atoms with E-state index in [4.69, 9.17) is 23.7 Å². The van der Waals surface area contributed by atoms with Crippen LogP contribution in [0.5, 0.6) is 11.5 Å². The zero-order chi connectivity index (χ0) is 23.6. The first kappa shape index (κ1) is 24.2. The highest BCUT2D eigenvalue weighted by Gasteiger charge is 2.23. The second kappa shape index (κ2) is 11.9. The molecule has 33 heavy (non-hydrogen) atoms. The van der Waals surface area contributed by atoms with Gasteiger partial charge in [-0.1, -0.05) is 0 Å². The summed E-state index contributed by atoms with van der Waals surface area (Å²) in [6.45, 7) is 4.62. The van der Waals surface area contributed by atoms with Gasteiger partial charge in [-0.25, -0.2) is 0 Å². The normalized spacial score (nSPS) is 15.7. The van der Waals surface area contributed by atoms with E-state index < -0.39 is 15.5 Å². The number of nitrogens with zero attached hydrogens (tertiary/aromatic N) is 2. The highest BCUT2D eigenvalue weighted by molar-refractivity contribution is 5.76. The number of aryl methyl sites for hydroxylation is 1. The van der Waals surface area contributed by atoms with Gasteiger partial charge in [0.15, 0.2) is 11.5 Å². The van der Waals surface area contributed by atoms with Crippen LogP contribution in [0.3, 0.4) is 0 Å². The summed E-state index contributed by atoms with van der Waals surface area (Å²) in [7, 11) is 0. The zero-order valence-corrected chi connectivity index (χ0v) is 18.1. The number of benzene rings is 2. The number of hydrogen-bond acceptors (Lipinski definition) is 10. The number of non-ortho nitro benzene ring substituents is 1. The third-order valence-corrected chi connectivity index (χ3v) is 4.63. The first-order chi connectivity index (χ1) is 16.0. The zero-order valence-electron chi connectivity index (χ0n) is 18.1. The number of nitro groups is 2. The van der Waals surface area contributed by atoms with Crippen LogP contribution in [0.2, 0.25) is 0 Å². The molecule has 0 atom stereocenters. The van der Waals surface area contributed by atoms with Gasteiger partial charge in [-0.05, 0) is 24.6 Å². The summed E-state index contributed by atoms with van der Waals surface area (Å²) in [6.07, 6.45) is 0. The van der Waals surface area contributed by atoms with Gasteiger partial charge in [0.05, 0.1) is 55.6 Å². The molecule has 0 fully saturated rings. The van der Waals surface area contributed by atoms with Crippen molar-refractivity contribution in [3.8, 4) is 11.5 Å². The van der Waals surface area contributed by atoms with Crippen molar-refractivity contribution >= 4 is 22.7 Å². The average molecular weight is 463 g/mol. The number of rotatable bonds is 4. The van der Waals surface area contributed by atoms with E-state index in [0.717, 1.165) is 6.07 Å². The lowest BCUT2D eigenvalue weighted by Gasteiger charge is -2.16.